The van der Waals surface area contributed by atoms with Crippen LogP contribution in [0.2, 0.25) is 5.02 Å². The second-order valence-corrected chi connectivity index (χ2v) is 11.1. The number of anilines is 1. The number of benzene rings is 2. The zero-order valence-electron chi connectivity index (χ0n) is 21.2. The Bertz CT molecular complexity index is 1120. The number of amides is 2. The highest BCUT2D eigenvalue weighted by atomic mass is 35.5. The minimum absolute atomic E-state index is 0.190. The molecule has 2 rings (SSSR count). The Morgan fingerprint density at radius 1 is 1.06 bits per heavy atom. The van der Waals surface area contributed by atoms with E-state index in [4.69, 9.17) is 11.6 Å². The van der Waals surface area contributed by atoms with Gasteiger partial charge in [0.2, 0.25) is 21.8 Å². The molecule has 35 heavy (non-hydrogen) atoms. The van der Waals surface area contributed by atoms with Gasteiger partial charge < -0.3 is 10.2 Å². The van der Waals surface area contributed by atoms with Crippen molar-refractivity contribution in [3.05, 3.63) is 64.2 Å². The number of halogens is 1. The minimum Gasteiger partial charge on any atom is -0.354 e. The molecule has 1 atom stereocenters. The first-order valence-electron chi connectivity index (χ1n) is 11.8. The van der Waals surface area contributed by atoms with Crippen molar-refractivity contribution in [2.75, 3.05) is 23.7 Å². The molecule has 0 spiro atoms. The molecule has 2 aromatic carbocycles. The largest absolute Gasteiger partial charge is 0.354 e. The van der Waals surface area contributed by atoms with Gasteiger partial charge in [-0.1, -0.05) is 61.7 Å². The zero-order valence-corrected chi connectivity index (χ0v) is 22.7. The van der Waals surface area contributed by atoms with Crippen LogP contribution in [0.15, 0.2) is 42.5 Å². The number of unbranched alkanes of at least 4 members (excludes halogenated alkanes) is 1. The van der Waals surface area contributed by atoms with Gasteiger partial charge >= 0.3 is 0 Å². The Labute approximate surface area is 214 Å². The molecule has 9 heteroatoms. The topological polar surface area (TPSA) is 86.8 Å². The summed E-state index contributed by atoms with van der Waals surface area (Å²) in [5.74, 6) is -0.696. The molecule has 0 bridgehead atoms. The van der Waals surface area contributed by atoms with Crippen LogP contribution in [0.3, 0.4) is 0 Å². The second kappa shape index (κ2) is 12.9. The van der Waals surface area contributed by atoms with E-state index in [0.717, 1.165) is 34.5 Å². The first-order chi connectivity index (χ1) is 16.5. The molecule has 0 aliphatic heterocycles. The van der Waals surface area contributed by atoms with Gasteiger partial charge in [-0.05, 0) is 56.0 Å². The van der Waals surface area contributed by atoms with Gasteiger partial charge in [0.05, 0.1) is 11.9 Å². The highest BCUT2D eigenvalue weighted by molar-refractivity contribution is 7.92. The van der Waals surface area contributed by atoms with Crippen molar-refractivity contribution in [1.82, 2.24) is 10.2 Å². The first-order valence-corrected chi connectivity index (χ1v) is 14.1. The molecular formula is C26H36ClN3O4S. The summed E-state index contributed by atoms with van der Waals surface area (Å²) in [4.78, 5) is 28.2. The maximum absolute atomic E-state index is 13.7. The Balaban J connectivity index is 2.42. The molecule has 7 nitrogen and oxygen atoms in total. The number of carbonyl (C=O) groups is 2. The zero-order chi connectivity index (χ0) is 26.2. The quantitative estimate of drug-likeness (QED) is 0.418. The van der Waals surface area contributed by atoms with E-state index in [1.807, 2.05) is 45.0 Å². The number of carbonyl (C=O) groups excluding carboxylic acids is 2. The van der Waals surface area contributed by atoms with Crippen molar-refractivity contribution in [1.29, 1.82) is 0 Å². The van der Waals surface area contributed by atoms with Crippen LogP contribution in [0.4, 0.5) is 5.69 Å². The lowest BCUT2D eigenvalue weighted by molar-refractivity contribution is -0.140. The van der Waals surface area contributed by atoms with Crippen molar-refractivity contribution >= 4 is 39.1 Å². The SMILES string of the molecule is CCCCNC(=O)C(CC)N(Cc1ccc(C)cc1)C(=O)CN(c1ccc(Cl)cc1C)S(C)(=O)=O. The summed E-state index contributed by atoms with van der Waals surface area (Å²) >= 11 is 6.05. The summed E-state index contributed by atoms with van der Waals surface area (Å²) in [5.41, 5.74) is 2.95. The maximum atomic E-state index is 13.7. The standard InChI is InChI=1S/C26H36ClN3O4S/c1-6-8-15-28-26(32)23(7-2)29(17-21-11-9-19(3)10-12-21)25(31)18-30(35(5,33)34)24-14-13-22(27)16-20(24)4/h9-14,16,23H,6-8,15,17-18H2,1-5H3,(H,28,32). The fourth-order valence-corrected chi connectivity index (χ4v) is 4.94. The van der Waals surface area contributed by atoms with Gasteiger partial charge in [0.15, 0.2) is 0 Å². The van der Waals surface area contributed by atoms with Crippen LogP contribution in [0.5, 0.6) is 0 Å². The molecule has 0 aliphatic rings. The van der Waals surface area contributed by atoms with Crippen LogP contribution in [0.25, 0.3) is 0 Å². The lowest BCUT2D eigenvalue weighted by Crippen LogP contribution is -2.52. The average molecular weight is 522 g/mol. The third-order valence-electron chi connectivity index (χ3n) is 5.80. The molecule has 0 heterocycles. The van der Waals surface area contributed by atoms with Crippen LogP contribution in [-0.4, -0.2) is 50.5 Å². The molecule has 0 fully saturated rings. The molecule has 0 aromatic heterocycles. The van der Waals surface area contributed by atoms with E-state index in [1.54, 1.807) is 25.1 Å². The van der Waals surface area contributed by atoms with Gasteiger partial charge in [-0.2, -0.15) is 0 Å². The fraction of sp³-hybridized carbons (Fsp3) is 0.462. The second-order valence-electron chi connectivity index (χ2n) is 8.78. The van der Waals surface area contributed by atoms with Crippen LogP contribution >= 0.6 is 11.6 Å². The predicted octanol–water partition coefficient (Wildman–Crippen LogP) is 4.45. The summed E-state index contributed by atoms with van der Waals surface area (Å²) in [5, 5.41) is 3.39. The highest BCUT2D eigenvalue weighted by Crippen LogP contribution is 2.26. The Morgan fingerprint density at radius 2 is 1.71 bits per heavy atom. The Kier molecular flexibility index (Phi) is 10.6. The lowest BCUT2D eigenvalue weighted by atomic mass is 10.1. The van der Waals surface area contributed by atoms with Crippen LogP contribution in [0, 0.1) is 13.8 Å². The molecule has 0 saturated carbocycles. The normalized spacial score (nSPS) is 12.2. The number of aryl methyl sites for hydroxylation is 2. The number of hydrogen-bond donors (Lipinski definition) is 1. The average Bonchev–Trinajstić information content (AvgIpc) is 2.78. The molecule has 1 N–H and O–H groups in total. The molecule has 192 valence electrons. The summed E-state index contributed by atoms with van der Waals surface area (Å²) in [7, 11) is -3.79. The van der Waals surface area contributed by atoms with E-state index < -0.39 is 28.5 Å². The summed E-state index contributed by atoms with van der Waals surface area (Å²) in [6, 6.07) is 11.8. The number of hydrogen-bond acceptors (Lipinski definition) is 4. The molecule has 2 amide bonds. The van der Waals surface area contributed by atoms with Crippen molar-refractivity contribution < 1.29 is 18.0 Å². The van der Waals surface area contributed by atoms with E-state index >= 15 is 0 Å². The molecule has 0 aliphatic carbocycles. The van der Waals surface area contributed by atoms with Crippen molar-refractivity contribution in [3.63, 3.8) is 0 Å². The Hall–Kier alpha value is -2.58. The number of nitrogens with one attached hydrogen (secondary N) is 1. The number of rotatable bonds is 12. The summed E-state index contributed by atoms with van der Waals surface area (Å²) < 4.78 is 26.5. The minimum atomic E-state index is -3.79. The van der Waals surface area contributed by atoms with Crippen LogP contribution < -0.4 is 9.62 Å². The fourth-order valence-electron chi connectivity index (χ4n) is 3.81. The van der Waals surface area contributed by atoms with Gasteiger partial charge in [-0.15, -0.1) is 0 Å². The van der Waals surface area contributed by atoms with Crippen molar-refractivity contribution in [2.24, 2.45) is 0 Å². The molecule has 0 saturated heterocycles. The van der Waals surface area contributed by atoms with E-state index in [9.17, 15) is 18.0 Å². The summed E-state index contributed by atoms with van der Waals surface area (Å²) in [6.45, 7) is 7.89. The first kappa shape index (κ1) is 28.7. The van der Waals surface area contributed by atoms with E-state index in [2.05, 4.69) is 5.32 Å². The number of nitrogens with zero attached hydrogens (tertiary/aromatic N) is 2. The van der Waals surface area contributed by atoms with E-state index in [1.165, 1.54) is 4.90 Å². The van der Waals surface area contributed by atoms with Gasteiger partial charge in [-0.3, -0.25) is 13.9 Å². The molecule has 0 radical (unpaired) electrons. The van der Waals surface area contributed by atoms with Crippen molar-refractivity contribution in [3.8, 4) is 0 Å². The lowest BCUT2D eigenvalue weighted by Gasteiger charge is -2.33. The van der Waals surface area contributed by atoms with Gasteiger partial charge in [0, 0.05) is 18.1 Å². The van der Waals surface area contributed by atoms with Gasteiger partial charge in [0.1, 0.15) is 12.6 Å². The monoisotopic (exact) mass is 521 g/mol. The predicted molar refractivity (Wildman–Crippen MR) is 142 cm³/mol. The third-order valence-corrected chi connectivity index (χ3v) is 7.16. The smallest absolute Gasteiger partial charge is 0.244 e. The Morgan fingerprint density at radius 3 is 2.26 bits per heavy atom. The van der Waals surface area contributed by atoms with Gasteiger partial charge in [0.25, 0.3) is 0 Å². The maximum Gasteiger partial charge on any atom is 0.244 e. The van der Waals surface area contributed by atoms with Gasteiger partial charge in [-0.25, -0.2) is 8.42 Å². The molecule has 2 aromatic rings. The summed E-state index contributed by atoms with van der Waals surface area (Å²) in [6.07, 6.45) is 3.24. The molecule has 1 unspecified atom stereocenters. The molecular weight excluding hydrogens is 486 g/mol. The van der Waals surface area contributed by atoms with E-state index in [-0.39, 0.29) is 12.5 Å². The van der Waals surface area contributed by atoms with E-state index in [0.29, 0.717) is 29.2 Å². The van der Waals surface area contributed by atoms with Crippen molar-refractivity contribution in [2.45, 2.75) is 59.5 Å². The van der Waals surface area contributed by atoms with Crippen LogP contribution in [-0.2, 0) is 26.2 Å². The number of sulfonamides is 1. The highest BCUT2D eigenvalue weighted by Gasteiger charge is 2.32. The van der Waals surface area contributed by atoms with Crippen LogP contribution in [0.1, 0.15) is 49.8 Å². The third kappa shape index (κ3) is 8.25.